The first kappa shape index (κ1) is 26.7. The molecule has 6 rings (SSSR count). The number of carbonyl (C=O) groups excluding carboxylic acids is 2. The van der Waals surface area contributed by atoms with Gasteiger partial charge in [0.05, 0.1) is 17.9 Å². The lowest BCUT2D eigenvalue weighted by Gasteiger charge is -2.33. The molecule has 11 heteroatoms. The van der Waals surface area contributed by atoms with Crippen molar-refractivity contribution in [3.63, 3.8) is 0 Å². The van der Waals surface area contributed by atoms with E-state index >= 15 is 0 Å². The number of rotatable bonds is 5. The molecule has 0 saturated carbocycles. The third-order valence-electron chi connectivity index (χ3n) is 7.01. The first-order valence-corrected chi connectivity index (χ1v) is 12.9. The summed E-state index contributed by atoms with van der Waals surface area (Å²) in [6.45, 7) is 5.58. The third kappa shape index (κ3) is 5.74. The molecular formula is C29H29N7O4. The highest BCUT2D eigenvalue weighted by molar-refractivity contribution is 6.07. The van der Waals surface area contributed by atoms with E-state index in [9.17, 15) is 9.59 Å². The first-order chi connectivity index (χ1) is 19.5. The van der Waals surface area contributed by atoms with E-state index in [1.54, 1.807) is 19.2 Å². The summed E-state index contributed by atoms with van der Waals surface area (Å²) in [6, 6.07) is 13.7. The molecule has 2 amide bonds. The number of H-pyrrole nitrogens is 1. The Balaban J connectivity index is 0.00000103. The van der Waals surface area contributed by atoms with Crippen molar-refractivity contribution in [2.75, 3.05) is 31.5 Å². The lowest BCUT2D eigenvalue weighted by atomic mass is 9.97. The number of nitrogens with one attached hydrogen (secondary N) is 2. The summed E-state index contributed by atoms with van der Waals surface area (Å²) in [5.41, 5.74) is 6.77. The fourth-order valence-electron chi connectivity index (χ4n) is 5.03. The number of hydrogen-bond donors (Lipinski definition) is 3. The molecular weight excluding hydrogens is 510 g/mol. The van der Waals surface area contributed by atoms with Gasteiger partial charge in [0, 0.05) is 69.2 Å². The number of benzene rings is 1. The van der Waals surface area contributed by atoms with Gasteiger partial charge in [-0.3, -0.25) is 24.3 Å². The van der Waals surface area contributed by atoms with Crippen molar-refractivity contribution in [2.45, 2.75) is 20.0 Å². The Morgan fingerprint density at radius 2 is 1.93 bits per heavy atom. The van der Waals surface area contributed by atoms with Crippen molar-refractivity contribution in [1.82, 2.24) is 24.8 Å². The van der Waals surface area contributed by atoms with Gasteiger partial charge in [0.25, 0.3) is 12.4 Å². The predicted octanol–water partition coefficient (Wildman–Crippen LogP) is 3.17. The van der Waals surface area contributed by atoms with Gasteiger partial charge in [-0.2, -0.15) is 0 Å². The molecule has 1 saturated heterocycles. The number of carbonyl (C=O) groups is 3. The van der Waals surface area contributed by atoms with Crippen molar-refractivity contribution < 1.29 is 19.5 Å². The zero-order valence-electron chi connectivity index (χ0n) is 22.0. The molecule has 40 heavy (non-hydrogen) atoms. The maximum Gasteiger partial charge on any atom is 0.290 e. The molecule has 1 fully saturated rings. The molecule has 0 radical (unpaired) electrons. The van der Waals surface area contributed by atoms with E-state index in [1.807, 2.05) is 47.6 Å². The normalized spacial score (nSPS) is 14.4. The third-order valence-corrected chi connectivity index (χ3v) is 7.01. The molecule has 2 aliphatic rings. The number of pyridine rings is 2. The fraction of sp³-hybridized carbons (Fsp3) is 0.241. The lowest BCUT2D eigenvalue weighted by molar-refractivity contribution is -0.130. The molecule has 204 valence electrons. The first-order valence-electron chi connectivity index (χ1n) is 12.9. The SMILES string of the molecule is CC(=O)N1CCN(Cc2cccc(C(=O)Nc3cc(-c4ccnc5[nH]ccc45)cc4c3C=NC4)n2)CC1.O=CO. The average Bonchev–Trinajstić information content (AvgIpc) is 3.64. The molecule has 3 aromatic heterocycles. The fourth-order valence-corrected chi connectivity index (χ4v) is 5.03. The van der Waals surface area contributed by atoms with Gasteiger partial charge < -0.3 is 20.3 Å². The average molecular weight is 540 g/mol. The Morgan fingerprint density at radius 3 is 2.70 bits per heavy atom. The molecule has 0 aliphatic carbocycles. The second-order valence-electron chi connectivity index (χ2n) is 9.52. The van der Waals surface area contributed by atoms with E-state index in [0.717, 1.165) is 52.1 Å². The van der Waals surface area contributed by atoms with Gasteiger partial charge in [0.2, 0.25) is 5.91 Å². The second kappa shape index (κ2) is 11.9. The quantitative estimate of drug-likeness (QED) is 0.331. The number of carboxylic acid groups (broad SMARTS) is 1. The molecule has 0 spiro atoms. The van der Waals surface area contributed by atoms with Crippen LogP contribution in [-0.2, 0) is 22.7 Å². The molecule has 0 atom stereocenters. The lowest BCUT2D eigenvalue weighted by Crippen LogP contribution is -2.47. The summed E-state index contributed by atoms with van der Waals surface area (Å²) in [7, 11) is 0. The highest BCUT2D eigenvalue weighted by atomic mass is 16.3. The Hall–Kier alpha value is -4.90. The predicted molar refractivity (Wildman–Crippen MR) is 151 cm³/mol. The smallest absolute Gasteiger partial charge is 0.290 e. The van der Waals surface area contributed by atoms with Crippen molar-refractivity contribution in [3.8, 4) is 11.1 Å². The van der Waals surface area contributed by atoms with Crippen molar-refractivity contribution in [3.05, 3.63) is 77.4 Å². The minimum Gasteiger partial charge on any atom is -0.483 e. The summed E-state index contributed by atoms with van der Waals surface area (Å²) >= 11 is 0. The summed E-state index contributed by atoms with van der Waals surface area (Å²) in [4.78, 5) is 54.0. The molecule has 2 aliphatic heterocycles. The maximum absolute atomic E-state index is 13.3. The van der Waals surface area contributed by atoms with Gasteiger partial charge in [0.15, 0.2) is 0 Å². The number of hydrogen-bond acceptors (Lipinski definition) is 7. The van der Waals surface area contributed by atoms with Crippen molar-refractivity contribution in [1.29, 1.82) is 0 Å². The standard InChI is InChI=1S/C28H27N7O2.CH2O2/c1-18(36)35-11-9-34(10-12-35)17-21-3-2-4-25(32-21)28(37)33-26-14-19(13-20-15-29-16-24(20)26)22-5-7-30-27-23(22)6-8-31-27;2-1-3/h2-8,13-14,16H,9-12,15,17H2,1H3,(H,30,31)(H,33,37);1H,(H,2,3). The Morgan fingerprint density at radius 1 is 1.12 bits per heavy atom. The van der Waals surface area contributed by atoms with Crippen molar-refractivity contribution in [2.24, 2.45) is 4.99 Å². The van der Waals surface area contributed by atoms with Crippen LogP contribution in [0.25, 0.3) is 22.2 Å². The van der Waals surface area contributed by atoms with Crippen LogP contribution in [0.4, 0.5) is 5.69 Å². The molecule has 11 nitrogen and oxygen atoms in total. The van der Waals surface area contributed by atoms with E-state index in [4.69, 9.17) is 9.90 Å². The number of anilines is 1. The van der Waals surface area contributed by atoms with Gasteiger partial charge in [-0.05, 0) is 53.1 Å². The number of aromatic amines is 1. The minimum atomic E-state index is -0.260. The van der Waals surface area contributed by atoms with Crippen LogP contribution < -0.4 is 5.32 Å². The summed E-state index contributed by atoms with van der Waals surface area (Å²) in [5, 5.41) is 11.0. The summed E-state index contributed by atoms with van der Waals surface area (Å²) in [5.74, 6) is -0.150. The van der Waals surface area contributed by atoms with Gasteiger partial charge in [0.1, 0.15) is 11.3 Å². The number of aromatic nitrogens is 3. The molecule has 1 aromatic carbocycles. The second-order valence-corrected chi connectivity index (χ2v) is 9.52. The van der Waals surface area contributed by atoms with Crippen LogP contribution >= 0.6 is 0 Å². The number of amides is 2. The number of fused-ring (bicyclic) bond motifs is 2. The maximum atomic E-state index is 13.3. The van der Waals surface area contributed by atoms with Gasteiger partial charge >= 0.3 is 0 Å². The topological polar surface area (TPSA) is 144 Å². The van der Waals surface area contributed by atoms with Crippen LogP contribution in [0.2, 0.25) is 0 Å². The molecule has 0 bridgehead atoms. The molecule has 3 N–H and O–H groups in total. The van der Waals surface area contributed by atoms with E-state index in [0.29, 0.717) is 37.6 Å². The molecule has 5 heterocycles. The highest BCUT2D eigenvalue weighted by Gasteiger charge is 2.21. The van der Waals surface area contributed by atoms with Crippen LogP contribution in [-0.4, -0.2) is 80.5 Å². The van der Waals surface area contributed by atoms with Crippen LogP contribution in [0.5, 0.6) is 0 Å². The van der Waals surface area contributed by atoms with E-state index in [2.05, 4.69) is 36.2 Å². The highest BCUT2D eigenvalue weighted by Crippen LogP contribution is 2.34. The Labute approximate surface area is 230 Å². The zero-order chi connectivity index (χ0) is 28.1. The number of aliphatic imine (C=N–C) groups is 1. The molecule has 4 aromatic rings. The van der Waals surface area contributed by atoms with Crippen molar-refractivity contribution >= 4 is 41.2 Å². The summed E-state index contributed by atoms with van der Waals surface area (Å²) < 4.78 is 0. The Kier molecular flexibility index (Phi) is 7.92. The van der Waals surface area contributed by atoms with Crippen LogP contribution in [0.1, 0.15) is 34.2 Å². The van der Waals surface area contributed by atoms with Crippen LogP contribution in [0, 0.1) is 0 Å². The number of nitrogens with zero attached hydrogens (tertiary/aromatic N) is 5. The Bertz CT molecular complexity index is 1590. The van der Waals surface area contributed by atoms with Gasteiger partial charge in [-0.1, -0.05) is 6.07 Å². The minimum absolute atomic E-state index is 0.110. The van der Waals surface area contributed by atoms with E-state index < -0.39 is 0 Å². The van der Waals surface area contributed by atoms with Gasteiger partial charge in [-0.15, -0.1) is 0 Å². The van der Waals surface area contributed by atoms with E-state index in [-0.39, 0.29) is 18.3 Å². The largest absolute Gasteiger partial charge is 0.483 e. The monoisotopic (exact) mass is 539 g/mol. The van der Waals surface area contributed by atoms with E-state index in [1.165, 1.54) is 0 Å². The molecule has 0 unspecified atom stereocenters. The number of piperazine rings is 1. The van der Waals surface area contributed by atoms with Crippen LogP contribution in [0.3, 0.4) is 0 Å². The van der Waals surface area contributed by atoms with Crippen LogP contribution in [0.15, 0.2) is 59.9 Å². The summed E-state index contributed by atoms with van der Waals surface area (Å²) in [6.07, 6.45) is 5.48. The zero-order valence-corrected chi connectivity index (χ0v) is 22.0. The van der Waals surface area contributed by atoms with Gasteiger partial charge in [-0.25, -0.2) is 9.97 Å².